The number of anilines is 2. The van der Waals surface area contributed by atoms with Crippen molar-refractivity contribution in [1.82, 2.24) is 4.98 Å². The van der Waals surface area contributed by atoms with E-state index < -0.39 is 0 Å². The first-order valence-corrected chi connectivity index (χ1v) is 8.55. The molecule has 1 heterocycles. The Bertz CT molecular complexity index is 976. The van der Waals surface area contributed by atoms with Gasteiger partial charge in [0.1, 0.15) is 5.75 Å². The molecule has 24 heavy (non-hydrogen) atoms. The second-order valence-corrected chi connectivity index (χ2v) is 6.31. The highest BCUT2D eigenvalue weighted by Crippen LogP contribution is 2.29. The van der Waals surface area contributed by atoms with Gasteiger partial charge in [0, 0.05) is 16.6 Å². The van der Waals surface area contributed by atoms with Crippen LogP contribution in [0, 0.1) is 0 Å². The van der Waals surface area contributed by atoms with Crippen molar-refractivity contribution in [2.75, 3.05) is 12.4 Å². The maximum atomic E-state index is 5.18. The summed E-state index contributed by atoms with van der Waals surface area (Å²) >= 11 is 1.60. The van der Waals surface area contributed by atoms with Gasteiger partial charge in [0.05, 0.1) is 12.8 Å². The lowest BCUT2D eigenvalue weighted by Gasteiger charge is -2.04. The Morgan fingerprint density at radius 1 is 0.917 bits per heavy atom. The van der Waals surface area contributed by atoms with Crippen molar-refractivity contribution >= 4 is 32.9 Å². The Balaban J connectivity index is 1.58. The summed E-state index contributed by atoms with van der Waals surface area (Å²) in [7, 11) is 1.67. The molecule has 4 rings (SSSR count). The molecule has 0 unspecified atom stereocenters. The van der Waals surface area contributed by atoms with Gasteiger partial charge in [-0.3, -0.25) is 0 Å². The Labute approximate surface area is 144 Å². The summed E-state index contributed by atoms with van der Waals surface area (Å²) in [6.45, 7) is 0. The maximum Gasteiger partial charge on any atom is 0.187 e. The van der Waals surface area contributed by atoms with Crippen LogP contribution < -0.4 is 10.1 Å². The van der Waals surface area contributed by atoms with Crippen LogP contribution in [0.15, 0.2) is 72.1 Å². The van der Waals surface area contributed by atoms with E-state index in [-0.39, 0.29) is 0 Å². The quantitative estimate of drug-likeness (QED) is 0.519. The van der Waals surface area contributed by atoms with Crippen molar-refractivity contribution in [3.8, 4) is 17.0 Å². The van der Waals surface area contributed by atoms with E-state index in [4.69, 9.17) is 9.72 Å². The number of thiazole rings is 1. The molecule has 0 saturated carbocycles. The molecular weight excluding hydrogens is 316 g/mol. The van der Waals surface area contributed by atoms with Crippen LogP contribution in [0.4, 0.5) is 10.8 Å². The standard InChI is InChI=1S/C20H16N2OS/c1-23-18-10-8-17(9-11-18)21-20-22-19(13-24-20)16-7-6-14-4-2-3-5-15(14)12-16/h2-13H,1H3,(H,21,22). The molecule has 0 bridgehead atoms. The van der Waals surface area contributed by atoms with E-state index in [0.29, 0.717) is 0 Å². The third kappa shape index (κ3) is 2.96. The second-order valence-electron chi connectivity index (χ2n) is 5.45. The van der Waals surface area contributed by atoms with Crippen LogP contribution in [0.25, 0.3) is 22.0 Å². The smallest absolute Gasteiger partial charge is 0.187 e. The summed E-state index contributed by atoms with van der Waals surface area (Å²) < 4.78 is 5.18. The summed E-state index contributed by atoms with van der Waals surface area (Å²) in [4.78, 5) is 4.70. The molecule has 0 fully saturated rings. The lowest BCUT2D eigenvalue weighted by Crippen LogP contribution is -1.90. The zero-order valence-corrected chi connectivity index (χ0v) is 14.0. The van der Waals surface area contributed by atoms with Crippen LogP contribution in [0.2, 0.25) is 0 Å². The fourth-order valence-electron chi connectivity index (χ4n) is 2.61. The minimum Gasteiger partial charge on any atom is -0.497 e. The molecule has 0 aliphatic carbocycles. The number of methoxy groups -OCH3 is 1. The van der Waals surface area contributed by atoms with Crippen molar-refractivity contribution in [3.63, 3.8) is 0 Å². The number of rotatable bonds is 4. The van der Waals surface area contributed by atoms with E-state index in [1.54, 1.807) is 18.4 Å². The Morgan fingerprint density at radius 3 is 2.50 bits per heavy atom. The van der Waals surface area contributed by atoms with Crippen molar-refractivity contribution in [2.45, 2.75) is 0 Å². The average Bonchev–Trinajstić information content (AvgIpc) is 3.10. The molecular formula is C20H16N2OS. The van der Waals surface area contributed by atoms with E-state index in [9.17, 15) is 0 Å². The third-order valence-electron chi connectivity index (χ3n) is 3.89. The highest BCUT2D eigenvalue weighted by Gasteiger charge is 2.06. The first kappa shape index (κ1) is 14.7. The largest absolute Gasteiger partial charge is 0.497 e. The molecule has 1 aromatic heterocycles. The fraction of sp³-hybridized carbons (Fsp3) is 0.0500. The maximum absolute atomic E-state index is 5.18. The number of ether oxygens (including phenoxy) is 1. The number of fused-ring (bicyclic) bond motifs is 1. The van der Waals surface area contributed by atoms with E-state index >= 15 is 0 Å². The van der Waals surface area contributed by atoms with Gasteiger partial charge in [-0.25, -0.2) is 4.98 Å². The molecule has 0 amide bonds. The molecule has 4 heteroatoms. The summed E-state index contributed by atoms with van der Waals surface area (Å²) in [5, 5.41) is 8.76. The third-order valence-corrected chi connectivity index (χ3v) is 4.65. The average molecular weight is 332 g/mol. The normalized spacial score (nSPS) is 10.7. The molecule has 0 aliphatic rings. The molecule has 4 aromatic rings. The van der Waals surface area contributed by atoms with E-state index in [0.717, 1.165) is 27.8 Å². The number of hydrogen-bond donors (Lipinski definition) is 1. The number of benzene rings is 3. The van der Waals surface area contributed by atoms with Crippen LogP contribution in [0.1, 0.15) is 0 Å². The van der Waals surface area contributed by atoms with Gasteiger partial charge in [0.25, 0.3) is 0 Å². The van der Waals surface area contributed by atoms with Gasteiger partial charge in [0.2, 0.25) is 0 Å². The molecule has 1 N–H and O–H groups in total. The van der Waals surface area contributed by atoms with Crippen LogP contribution in [0.5, 0.6) is 5.75 Å². The topological polar surface area (TPSA) is 34.1 Å². The predicted octanol–water partition coefficient (Wildman–Crippen LogP) is 5.72. The zero-order valence-electron chi connectivity index (χ0n) is 13.2. The van der Waals surface area contributed by atoms with Gasteiger partial charge in [-0.1, -0.05) is 36.4 Å². The van der Waals surface area contributed by atoms with Crippen LogP contribution in [0.3, 0.4) is 0 Å². The van der Waals surface area contributed by atoms with Gasteiger partial charge in [-0.2, -0.15) is 0 Å². The van der Waals surface area contributed by atoms with Gasteiger partial charge in [-0.15, -0.1) is 11.3 Å². The molecule has 0 saturated heterocycles. The SMILES string of the molecule is COc1ccc(Nc2nc(-c3ccc4ccccc4c3)cs2)cc1. The summed E-state index contributed by atoms with van der Waals surface area (Å²) in [6.07, 6.45) is 0. The molecule has 3 nitrogen and oxygen atoms in total. The highest BCUT2D eigenvalue weighted by atomic mass is 32.1. The summed E-state index contributed by atoms with van der Waals surface area (Å²) in [5.74, 6) is 0.844. The van der Waals surface area contributed by atoms with E-state index in [2.05, 4.69) is 53.2 Å². The van der Waals surface area contributed by atoms with Crippen molar-refractivity contribution in [1.29, 1.82) is 0 Å². The van der Waals surface area contributed by atoms with Crippen LogP contribution in [-0.4, -0.2) is 12.1 Å². The minimum absolute atomic E-state index is 0.844. The molecule has 0 spiro atoms. The fourth-order valence-corrected chi connectivity index (χ4v) is 3.35. The predicted molar refractivity (Wildman–Crippen MR) is 101 cm³/mol. The molecule has 0 radical (unpaired) electrons. The van der Waals surface area contributed by atoms with Crippen molar-refractivity contribution < 1.29 is 4.74 Å². The Hall–Kier alpha value is -2.85. The van der Waals surface area contributed by atoms with Gasteiger partial charge in [-0.05, 0) is 41.1 Å². The Kier molecular flexibility index (Phi) is 3.89. The molecule has 0 atom stereocenters. The first-order valence-electron chi connectivity index (χ1n) is 7.67. The van der Waals surface area contributed by atoms with Crippen LogP contribution >= 0.6 is 11.3 Å². The molecule has 118 valence electrons. The minimum atomic E-state index is 0.844. The lowest BCUT2D eigenvalue weighted by molar-refractivity contribution is 0.415. The zero-order chi connectivity index (χ0) is 16.4. The number of nitrogens with one attached hydrogen (secondary N) is 1. The highest BCUT2D eigenvalue weighted by molar-refractivity contribution is 7.14. The summed E-state index contributed by atoms with van der Waals surface area (Å²) in [6, 6.07) is 22.6. The van der Waals surface area contributed by atoms with Crippen molar-refractivity contribution in [2.24, 2.45) is 0 Å². The summed E-state index contributed by atoms with van der Waals surface area (Å²) in [5.41, 5.74) is 3.12. The Morgan fingerprint density at radius 2 is 1.71 bits per heavy atom. The van der Waals surface area contributed by atoms with Gasteiger partial charge >= 0.3 is 0 Å². The van der Waals surface area contributed by atoms with E-state index in [1.807, 2.05) is 24.3 Å². The lowest BCUT2D eigenvalue weighted by atomic mass is 10.1. The van der Waals surface area contributed by atoms with Crippen LogP contribution in [-0.2, 0) is 0 Å². The van der Waals surface area contributed by atoms with Gasteiger partial charge in [0.15, 0.2) is 5.13 Å². The number of nitrogens with zero attached hydrogens (tertiary/aromatic N) is 1. The number of aromatic nitrogens is 1. The van der Waals surface area contributed by atoms with Gasteiger partial charge < -0.3 is 10.1 Å². The molecule has 3 aromatic carbocycles. The number of hydrogen-bond acceptors (Lipinski definition) is 4. The second kappa shape index (κ2) is 6.34. The first-order chi connectivity index (χ1) is 11.8. The monoisotopic (exact) mass is 332 g/mol. The van der Waals surface area contributed by atoms with Crippen molar-refractivity contribution in [3.05, 3.63) is 72.1 Å². The molecule has 0 aliphatic heterocycles. The van der Waals surface area contributed by atoms with E-state index in [1.165, 1.54) is 10.8 Å².